The second-order valence-electron chi connectivity index (χ2n) is 7.43. The van der Waals surface area contributed by atoms with Crippen LogP contribution in [0.4, 0.5) is 10.3 Å². The highest BCUT2D eigenvalue weighted by atomic mass is 19.1. The van der Waals surface area contributed by atoms with E-state index in [0.717, 1.165) is 44.2 Å². The summed E-state index contributed by atoms with van der Waals surface area (Å²) in [5.41, 5.74) is 1.70. The first-order chi connectivity index (χ1) is 12.5. The molecule has 0 aromatic carbocycles. The fraction of sp³-hybridized carbons (Fsp3) is 0.611. The number of halogens is 1. The smallest absolute Gasteiger partial charge is 0.288 e. The molecular weight excluding hydrogens is 337 g/mol. The molecule has 2 fully saturated rings. The first-order valence-electron chi connectivity index (χ1n) is 9.14. The second kappa shape index (κ2) is 6.50. The first-order valence-corrected chi connectivity index (χ1v) is 9.14. The standard InChI is InChI=1S/C18H24FN5O2/c1-4-15-16(19)17(25)21-18(20-15)24-7-12-5-23(6-13(12)8-24)9-14-10(2)22-26-11(14)3/h12-13H,4-9H2,1-3H3,(H,20,21,25). The van der Waals surface area contributed by atoms with Gasteiger partial charge < -0.3 is 9.42 Å². The minimum absolute atomic E-state index is 0.237. The van der Waals surface area contributed by atoms with Crippen LogP contribution < -0.4 is 10.5 Å². The van der Waals surface area contributed by atoms with E-state index < -0.39 is 11.4 Å². The quantitative estimate of drug-likeness (QED) is 0.892. The van der Waals surface area contributed by atoms with Gasteiger partial charge in [0.2, 0.25) is 11.8 Å². The molecule has 2 aliphatic rings. The van der Waals surface area contributed by atoms with Crippen LogP contribution >= 0.6 is 0 Å². The fourth-order valence-corrected chi connectivity index (χ4v) is 4.22. The number of anilines is 1. The lowest BCUT2D eigenvalue weighted by Gasteiger charge is -2.22. The monoisotopic (exact) mass is 361 g/mol. The molecule has 2 aromatic rings. The Morgan fingerprint density at radius 2 is 1.92 bits per heavy atom. The summed E-state index contributed by atoms with van der Waals surface area (Å²) in [6, 6.07) is 0. The highest BCUT2D eigenvalue weighted by Gasteiger charge is 2.41. The van der Waals surface area contributed by atoms with Crippen LogP contribution in [0, 0.1) is 31.5 Å². The van der Waals surface area contributed by atoms with Gasteiger partial charge in [0.15, 0.2) is 0 Å². The lowest BCUT2D eigenvalue weighted by Crippen LogP contribution is -2.31. The predicted molar refractivity (Wildman–Crippen MR) is 94.6 cm³/mol. The predicted octanol–water partition coefficient (Wildman–Crippen LogP) is 1.64. The Labute approximate surface area is 151 Å². The molecule has 0 radical (unpaired) electrons. The van der Waals surface area contributed by atoms with Crippen LogP contribution in [0.25, 0.3) is 0 Å². The number of H-pyrrole nitrogens is 1. The number of aromatic amines is 1. The average molecular weight is 361 g/mol. The average Bonchev–Trinajstić information content (AvgIpc) is 3.26. The molecule has 2 saturated heterocycles. The van der Waals surface area contributed by atoms with E-state index in [1.165, 1.54) is 5.56 Å². The molecule has 26 heavy (non-hydrogen) atoms. The topological polar surface area (TPSA) is 78.3 Å². The number of nitrogens with one attached hydrogen (secondary N) is 1. The molecule has 0 aliphatic carbocycles. The number of likely N-dealkylation sites (tertiary alicyclic amines) is 1. The number of nitrogens with zero attached hydrogens (tertiary/aromatic N) is 4. The molecule has 2 atom stereocenters. The van der Waals surface area contributed by atoms with Crippen molar-refractivity contribution in [1.29, 1.82) is 0 Å². The fourth-order valence-electron chi connectivity index (χ4n) is 4.22. The lowest BCUT2D eigenvalue weighted by molar-refractivity contribution is 0.305. The van der Waals surface area contributed by atoms with Gasteiger partial charge in [0, 0.05) is 38.3 Å². The molecule has 140 valence electrons. The summed E-state index contributed by atoms with van der Waals surface area (Å²) >= 11 is 0. The summed E-state index contributed by atoms with van der Waals surface area (Å²) < 4.78 is 19.0. The SMILES string of the molecule is CCc1nc(N2CC3CN(Cc4c(C)noc4C)CC3C2)[nH]c(=O)c1F. The van der Waals surface area contributed by atoms with Gasteiger partial charge in [-0.3, -0.25) is 14.7 Å². The van der Waals surface area contributed by atoms with Crippen molar-refractivity contribution < 1.29 is 8.91 Å². The van der Waals surface area contributed by atoms with Crippen molar-refractivity contribution in [2.45, 2.75) is 33.7 Å². The van der Waals surface area contributed by atoms with Gasteiger partial charge >= 0.3 is 0 Å². The van der Waals surface area contributed by atoms with Crippen LogP contribution in [0.5, 0.6) is 0 Å². The van der Waals surface area contributed by atoms with E-state index in [2.05, 4.69) is 24.9 Å². The first kappa shape index (κ1) is 17.2. The zero-order valence-corrected chi connectivity index (χ0v) is 15.4. The summed E-state index contributed by atoms with van der Waals surface area (Å²) in [5.74, 6) is 1.68. The summed E-state index contributed by atoms with van der Waals surface area (Å²) in [7, 11) is 0. The number of hydrogen-bond donors (Lipinski definition) is 1. The van der Waals surface area contributed by atoms with Gasteiger partial charge in [-0.25, -0.2) is 4.98 Å². The minimum atomic E-state index is -0.763. The normalized spacial score (nSPS) is 23.0. The molecule has 2 unspecified atom stereocenters. The van der Waals surface area contributed by atoms with Gasteiger partial charge in [-0.05, 0) is 32.1 Å². The van der Waals surface area contributed by atoms with Gasteiger partial charge in [-0.15, -0.1) is 0 Å². The third-order valence-corrected chi connectivity index (χ3v) is 5.68. The molecular formula is C18H24FN5O2. The molecule has 8 heteroatoms. The summed E-state index contributed by atoms with van der Waals surface area (Å²) in [4.78, 5) is 23.2. The van der Waals surface area contributed by atoms with E-state index in [-0.39, 0.29) is 5.69 Å². The molecule has 0 spiro atoms. The summed E-state index contributed by atoms with van der Waals surface area (Å²) in [5, 5.41) is 4.03. The third kappa shape index (κ3) is 2.92. The van der Waals surface area contributed by atoms with Crippen LogP contribution in [-0.4, -0.2) is 46.2 Å². The van der Waals surface area contributed by atoms with Gasteiger partial charge in [-0.2, -0.15) is 4.39 Å². The Morgan fingerprint density at radius 3 is 2.50 bits per heavy atom. The Balaban J connectivity index is 1.44. The lowest BCUT2D eigenvalue weighted by atomic mass is 10.0. The van der Waals surface area contributed by atoms with Crippen LogP contribution in [0.2, 0.25) is 0 Å². The number of hydrogen-bond acceptors (Lipinski definition) is 6. The maximum absolute atomic E-state index is 13.8. The van der Waals surface area contributed by atoms with Crippen LogP contribution in [-0.2, 0) is 13.0 Å². The summed E-state index contributed by atoms with van der Waals surface area (Å²) in [6.07, 6.45) is 0.411. The second-order valence-corrected chi connectivity index (χ2v) is 7.43. The maximum atomic E-state index is 13.8. The van der Waals surface area contributed by atoms with Crippen molar-refractivity contribution in [3.05, 3.63) is 38.9 Å². The Hall–Kier alpha value is -2.22. The van der Waals surface area contributed by atoms with Gasteiger partial charge in [0.1, 0.15) is 5.76 Å². The van der Waals surface area contributed by atoms with Crippen LogP contribution in [0.3, 0.4) is 0 Å². The Kier molecular flexibility index (Phi) is 4.30. The van der Waals surface area contributed by atoms with Crippen molar-refractivity contribution in [2.24, 2.45) is 11.8 Å². The van der Waals surface area contributed by atoms with Crippen molar-refractivity contribution in [3.63, 3.8) is 0 Å². The third-order valence-electron chi connectivity index (χ3n) is 5.68. The van der Waals surface area contributed by atoms with Crippen LogP contribution in [0.15, 0.2) is 9.32 Å². The highest BCUT2D eigenvalue weighted by molar-refractivity contribution is 5.34. The van der Waals surface area contributed by atoms with Crippen molar-refractivity contribution in [1.82, 2.24) is 20.0 Å². The Bertz CT molecular complexity index is 843. The van der Waals surface area contributed by atoms with E-state index >= 15 is 0 Å². The highest BCUT2D eigenvalue weighted by Crippen LogP contribution is 2.33. The van der Waals surface area contributed by atoms with Gasteiger partial charge in [0.25, 0.3) is 5.56 Å². The maximum Gasteiger partial charge on any atom is 0.288 e. The van der Waals surface area contributed by atoms with Gasteiger partial charge in [-0.1, -0.05) is 12.1 Å². The van der Waals surface area contributed by atoms with E-state index in [9.17, 15) is 9.18 Å². The molecule has 0 bridgehead atoms. The molecule has 0 saturated carbocycles. The molecule has 2 aromatic heterocycles. The molecule has 4 rings (SSSR count). The largest absolute Gasteiger partial charge is 0.361 e. The van der Waals surface area contributed by atoms with Crippen LogP contribution in [0.1, 0.15) is 29.6 Å². The van der Waals surface area contributed by atoms with Gasteiger partial charge in [0.05, 0.1) is 11.4 Å². The van der Waals surface area contributed by atoms with E-state index in [4.69, 9.17) is 4.52 Å². The van der Waals surface area contributed by atoms with Crippen molar-refractivity contribution in [2.75, 3.05) is 31.1 Å². The Morgan fingerprint density at radius 1 is 1.23 bits per heavy atom. The summed E-state index contributed by atoms with van der Waals surface area (Å²) in [6.45, 7) is 10.3. The molecule has 7 nitrogen and oxygen atoms in total. The van der Waals surface area contributed by atoms with E-state index in [0.29, 0.717) is 24.2 Å². The number of aromatic nitrogens is 3. The molecule has 1 N–H and O–H groups in total. The van der Waals surface area contributed by atoms with E-state index in [1.807, 2.05) is 13.8 Å². The number of fused-ring (bicyclic) bond motifs is 1. The molecule has 2 aliphatic heterocycles. The number of rotatable bonds is 4. The number of aryl methyl sites for hydroxylation is 3. The minimum Gasteiger partial charge on any atom is -0.361 e. The van der Waals surface area contributed by atoms with Crippen molar-refractivity contribution in [3.8, 4) is 0 Å². The zero-order chi connectivity index (χ0) is 18.4. The molecule has 0 amide bonds. The van der Waals surface area contributed by atoms with E-state index in [1.54, 1.807) is 6.92 Å². The zero-order valence-electron chi connectivity index (χ0n) is 15.4. The molecule has 4 heterocycles. The van der Waals surface area contributed by atoms with Crippen molar-refractivity contribution >= 4 is 5.95 Å².